The van der Waals surface area contributed by atoms with Crippen LogP contribution < -0.4 is 0 Å². The van der Waals surface area contributed by atoms with Crippen molar-refractivity contribution in [2.24, 2.45) is 0 Å². The van der Waals surface area contributed by atoms with Gasteiger partial charge >= 0.3 is 39.5 Å². The third-order valence-electron chi connectivity index (χ3n) is 17.6. The summed E-state index contributed by atoms with van der Waals surface area (Å²) >= 11 is 0. The molecule has 0 bridgehead atoms. The highest BCUT2D eigenvalue weighted by atomic mass is 31.2. The number of ether oxygens (including phenoxy) is 4. The zero-order valence-corrected chi connectivity index (χ0v) is 69.8. The minimum atomic E-state index is -4.99. The second-order valence-electron chi connectivity index (χ2n) is 28.0. The number of unbranched alkanes of at least 4 members (excludes halogenated alkanes) is 31. The van der Waals surface area contributed by atoms with Crippen LogP contribution in [0.25, 0.3) is 0 Å². The molecule has 0 heterocycles. The molecular formula is C89H152O17P2. The van der Waals surface area contributed by atoms with E-state index in [4.69, 9.17) is 37.0 Å². The monoisotopic (exact) mass is 1560 g/mol. The highest BCUT2D eigenvalue weighted by molar-refractivity contribution is 7.47. The first kappa shape index (κ1) is 103. The highest BCUT2D eigenvalue weighted by Crippen LogP contribution is 2.45. The molecule has 0 saturated carbocycles. The van der Waals surface area contributed by atoms with E-state index in [1.165, 1.54) is 70.6 Å². The van der Waals surface area contributed by atoms with Gasteiger partial charge in [-0.05, 0) is 141 Å². The van der Waals surface area contributed by atoms with Crippen molar-refractivity contribution in [3.05, 3.63) is 134 Å². The molecule has 0 aliphatic rings. The SMILES string of the molecule is CC/C=C\C/C=C\C/C=C\C/C=C\C/C=C\CCCCCC(=O)OCC(COP(=O)(O)OCC(O)COP(=O)(O)OCC(COC(=O)CCCCCCCC/C=C\C/C=C\C/C=C\CCCCC)OC(=O)CCCCCCCCCCCCCCC)OC(=O)CCCCCCCCC/C=C\C/C=C\C/C=C\CC. The molecule has 108 heavy (non-hydrogen) atoms. The van der Waals surface area contributed by atoms with Gasteiger partial charge in [0.25, 0.3) is 0 Å². The third-order valence-corrected chi connectivity index (χ3v) is 19.5. The van der Waals surface area contributed by atoms with Gasteiger partial charge in [-0.2, -0.15) is 0 Å². The molecule has 0 aromatic rings. The molecule has 0 spiro atoms. The van der Waals surface area contributed by atoms with Crippen LogP contribution in [-0.4, -0.2) is 96.7 Å². The van der Waals surface area contributed by atoms with E-state index >= 15 is 0 Å². The fraction of sp³-hybridized carbons (Fsp3) is 0.708. The predicted octanol–water partition coefficient (Wildman–Crippen LogP) is 25.2. The maximum absolute atomic E-state index is 13.1. The molecule has 0 rings (SSSR count). The Labute approximate surface area is 656 Å². The number of phosphoric acid groups is 2. The summed E-state index contributed by atoms with van der Waals surface area (Å²) in [5, 5.41) is 10.7. The molecule has 17 nitrogen and oxygen atoms in total. The minimum absolute atomic E-state index is 0.0732. The van der Waals surface area contributed by atoms with Crippen molar-refractivity contribution >= 4 is 39.5 Å². The number of esters is 4. The fourth-order valence-corrected chi connectivity index (χ4v) is 12.8. The van der Waals surface area contributed by atoms with E-state index in [1.807, 2.05) is 0 Å². The van der Waals surface area contributed by atoms with Crippen LogP contribution >= 0.6 is 15.6 Å². The van der Waals surface area contributed by atoms with Crippen molar-refractivity contribution in [1.29, 1.82) is 0 Å². The number of carbonyl (C=O) groups is 4. The number of aliphatic hydroxyl groups excluding tert-OH is 1. The molecule has 0 fully saturated rings. The Kier molecular flexibility index (Phi) is 76.7. The van der Waals surface area contributed by atoms with Gasteiger partial charge in [-0.1, -0.05) is 315 Å². The van der Waals surface area contributed by atoms with Crippen LogP contribution in [0.4, 0.5) is 0 Å². The van der Waals surface area contributed by atoms with Crippen LogP contribution in [0.5, 0.6) is 0 Å². The normalized spacial score (nSPS) is 14.5. The lowest BCUT2D eigenvalue weighted by molar-refractivity contribution is -0.161. The van der Waals surface area contributed by atoms with Crippen LogP contribution in [-0.2, 0) is 65.4 Å². The van der Waals surface area contributed by atoms with E-state index in [-0.39, 0.29) is 25.7 Å². The zero-order chi connectivity index (χ0) is 78.9. The van der Waals surface area contributed by atoms with Gasteiger partial charge in [0.2, 0.25) is 0 Å². The number of hydrogen-bond acceptors (Lipinski definition) is 15. The van der Waals surface area contributed by atoms with Crippen LogP contribution in [0.2, 0.25) is 0 Å². The topological polar surface area (TPSA) is 237 Å². The molecule has 0 aromatic carbocycles. The quantitative estimate of drug-likeness (QED) is 0.0169. The van der Waals surface area contributed by atoms with Gasteiger partial charge in [0, 0.05) is 25.7 Å². The Morgan fingerprint density at radius 2 is 0.481 bits per heavy atom. The summed E-state index contributed by atoms with van der Waals surface area (Å²) in [6.07, 6.45) is 91.2. The van der Waals surface area contributed by atoms with Gasteiger partial charge < -0.3 is 33.8 Å². The predicted molar refractivity (Wildman–Crippen MR) is 445 cm³/mol. The van der Waals surface area contributed by atoms with Gasteiger partial charge in [0.15, 0.2) is 12.2 Å². The first-order valence-corrected chi connectivity index (χ1v) is 45.4. The number of hydrogen-bond donors (Lipinski definition) is 3. The molecular weight excluding hydrogens is 1400 g/mol. The molecule has 0 radical (unpaired) electrons. The maximum Gasteiger partial charge on any atom is 0.472 e. The fourth-order valence-electron chi connectivity index (χ4n) is 11.2. The average molecular weight is 1560 g/mol. The van der Waals surface area contributed by atoms with Crippen molar-refractivity contribution in [2.45, 2.75) is 367 Å². The van der Waals surface area contributed by atoms with Crippen molar-refractivity contribution in [3.8, 4) is 0 Å². The molecule has 0 aliphatic carbocycles. The Hall–Kier alpha value is -4.80. The van der Waals surface area contributed by atoms with E-state index in [9.17, 15) is 43.2 Å². The van der Waals surface area contributed by atoms with E-state index in [0.29, 0.717) is 25.7 Å². The number of rotatable bonds is 79. The summed E-state index contributed by atoms with van der Waals surface area (Å²) in [5.41, 5.74) is 0. The summed E-state index contributed by atoms with van der Waals surface area (Å²) in [6, 6.07) is 0. The molecule has 5 unspecified atom stereocenters. The summed E-state index contributed by atoms with van der Waals surface area (Å²) in [5.74, 6) is -2.22. The van der Waals surface area contributed by atoms with E-state index in [2.05, 4.69) is 161 Å². The second-order valence-corrected chi connectivity index (χ2v) is 30.9. The van der Waals surface area contributed by atoms with Crippen molar-refractivity contribution in [3.63, 3.8) is 0 Å². The Bertz CT molecular complexity index is 2560. The zero-order valence-electron chi connectivity index (χ0n) is 68.0. The number of allylic oxidation sites excluding steroid dienone is 22. The molecule has 0 amide bonds. The minimum Gasteiger partial charge on any atom is -0.462 e. The maximum atomic E-state index is 13.1. The van der Waals surface area contributed by atoms with Crippen LogP contribution in [0.15, 0.2) is 134 Å². The smallest absolute Gasteiger partial charge is 0.462 e. The lowest BCUT2D eigenvalue weighted by Crippen LogP contribution is -2.30. The van der Waals surface area contributed by atoms with Gasteiger partial charge in [-0.25, -0.2) is 9.13 Å². The third kappa shape index (κ3) is 79.3. The Balaban J connectivity index is 5.40. The van der Waals surface area contributed by atoms with Crippen molar-refractivity contribution in [1.82, 2.24) is 0 Å². The van der Waals surface area contributed by atoms with Crippen LogP contribution in [0.3, 0.4) is 0 Å². The van der Waals surface area contributed by atoms with Crippen molar-refractivity contribution < 1.29 is 80.2 Å². The van der Waals surface area contributed by atoms with Crippen LogP contribution in [0.1, 0.15) is 349 Å². The lowest BCUT2D eigenvalue weighted by Gasteiger charge is -2.21. The average Bonchev–Trinajstić information content (AvgIpc) is 0.886. The molecule has 0 aliphatic heterocycles. The van der Waals surface area contributed by atoms with Gasteiger partial charge in [-0.15, -0.1) is 0 Å². The number of carbonyl (C=O) groups excluding carboxylic acids is 4. The van der Waals surface area contributed by atoms with E-state index in [0.717, 1.165) is 199 Å². The van der Waals surface area contributed by atoms with Crippen LogP contribution in [0, 0.1) is 0 Å². The summed E-state index contributed by atoms with van der Waals surface area (Å²) in [7, 11) is -9.98. The Morgan fingerprint density at radius 3 is 0.769 bits per heavy atom. The first-order valence-electron chi connectivity index (χ1n) is 42.4. The van der Waals surface area contributed by atoms with Gasteiger partial charge in [0.05, 0.1) is 26.4 Å². The molecule has 0 saturated heterocycles. The van der Waals surface area contributed by atoms with Gasteiger partial charge in [0.1, 0.15) is 19.3 Å². The largest absolute Gasteiger partial charge is 0.472 e. The van der Waals surface area contributed by atoms with E-state index < -0.39 is 97.5 Å². The highest BCUT2D eigenvalue weighted by Gasteiger charge is 2.30. The number of aliphatic hydroxyl groups is 1. The second kappa shape index (κ2) is 80.3. The van der Waals surface area contributed by atoms with Gasteiger partial charge in [-0.3, -0.25) is 37.3 Å². The summed E-state index contributed by atoms with van der Waals surface area (Å²) in [6.45, 7) is 4.61. The molecule has 620 valence electrons. The first-order chi connectivity index (χ1) is 52.7. The standard InChI is InChI=1S/C89H152O17P2/c1-5-9-13-17-21-25-29-33-36-39-41-44-46-50-53-57-61-65-69-73-86(91)99-79-84(105-88(93)75-71-67-63-59-55-49-32-28-24-20-16-12-8-4)81-103-107(95,96)101-77-83(90)78-102-108(97,98)104-82-85(106-89(94)76-72-68-64-60-56-52-48-43-38-35-31-27-23-19-15-11-7-3)80-100-87(92)74-70-66-62-58-54-51-47-45-42-40-37-34-30-26-22-18-14-10-6-2/h10-11,14-15,21-23,25-27,33-38,41-42,44-45,51,54,83-85,90H,5-9,12-13,16-20,24,28-32,39-40,43,46-50,52-53,55-82H2,1-4H3,(H,95,96)(H,97,98)/b14-10-,15-11-,25-21-,26-22-,27-23-,36-33-,37-34-,38-35-,44-41-,45-42-,54-51-. The summed E-state index contributed by atoms with van der Waals surface area (Å²) in [4.78, 5) is 73.2. The van der Waals surface area contributed by atoms with E-state index in [1.54, 1.807) is 0 Å². The molecule has 5 atom stereocenters. The lowest BCUT2D eigenvalue weighted by atomic mass is 10.0. The molecule has 19 heteroatoms. The van der Waals surface area contributed by atoms with Crippen molar-refractivity contribution in [2.75, 3.05) is 39.6 Å². The number of phosphoric ester groups is 2. The summed E-state index contributed by atoms with van der Waals surface area (Å²) < 4.78 is 68.8. The molecule has 0 aromatic heterocycles. The molecule has 3 N–H and O–H groups in total. The Morgan fingerprint density at radius 1 is 0.269 bits per heavy atom.